The van der Waals surface area contributed by atoms with Crippen molar-refractivity contribution in [2.45, 2.75) is 12.0 Å². The second-order valence-corrected chi connectivity index (χ2v) is 11.8. The zero-order valence-electron chi connectivity index (χ0n) is 25.1. The molecule has 5 heterocycles. The summed E-state index contributed by atoms with van der Waals surface area (Å²) in [4.78, 5) is 25.9. The number of fused-ring (bicyclic) bond motifs is 10. The topological polar surface area (TPSA) is 77.5 Å². The van der Waals surface area contributed by atoms with Gasteiger partial charge in [-0.1, -0.05) is 78.9 Å². The van der Waals surface area contributed by atoms with E-state index in [4.69, 9.17) is 15.0 Å². The number of pyridine rings is 1. The van der Waals surface area contributed by atoms with Crippen molar-refractivity contribution in [2.24, 2.45) is 0 Å². The molecule has 1 aliphatic heterocycles. The number of rotatable bonds is 4. The molecule has 222 valence electrons. The summed E-state index contributed by atoms with van der Waals surface area (Å²) in [6, 6.07) is 34.0. The van der Waals surface area contributed by atoms with Gasteiger partial charge in [-0.2, -0.15) is 0 Å². The molecule has 8 heteroatoms. The van der Waals surface area contributed by atoms with E-state index in [-0.39, 0.29) is 12.0 Å². The molecule has 0 spiro atoms. The summed E-state index contributed by atoms with van der Waals surface area (Å²) in [6.07, 6.45) is 15.7. The molecule has 4 aromatic carbocycles. The van der Waals surface area contributed by atoms with Crippen molar-refractivity contribution in [3.8, 4) is 23.0 Å². The second kappa shape index (κ2) is 10.1. The van der Waals surface area contributed by atoms with Crippen LogP contribution in [0.1, 0.15) is 11.5 Å². The third-order valence-electron chi connectivity index (χ3n) is 9.37. The molecule has 2 atom stereocenters. The number of hydrogen-bond donors (Lipinski definition) is 0. The van der Waals surface area contributed by atoms with Gasteiger partial charge in [-0.25, -0.2) is 19.9 Å². The van der Waals surface area contributed by atoms with Crippen molar-refractivity contribution >= 4 is 44.2 Å². The van der Waals surface area contributed by atoms with E-state index in [1.807, 2.05) is 12.1 Å². The number of para-hydroxylation sites is 3. The summed E-state index contributed by atoms with van der Waals surface area (Å²) in [5.41, 5.74) is 9.63. The van der Waals surface area contributed by atoms with E-state index < -0.39 is 0 Å². The smallest absolute Gasteiger partial charge is 0.238 e. The summed E-state index contributed by atoms with van der Waals surface area (Å²) in [7, 11) is 0. The largest absolute Gasteiger partial charge is 0.331 e. The zero-order valence-corrected chi connectivity index (χ0v) is 25.1. The first-order valence-electron chi connectivity index (χ1n) is 15.7. The van der Waals surface area contributed by atoms with Gasteiger partial charge < -0.3 is 9.47 Å². The lowest BCUT2D eigenvalue weighted by molar-refractivity contribution is 0.746. The molecule has 0 bridgehead atoms. The fourth-order valence-corrected chi connectivity index (χ4v) is 7.58. The molecule has 0 fully saturated rings. The van der Waals surface area contributed by atoms with Crippen LogP contribution in [-0.2, 0) is 0 Å². The maximum absolute atomic E-state index is 5.53. The van der Waals surface area contributed by atoms with E-state index in [0.717, 1.165) is 61.3 Å². The number of hydrogen-bond acceptors (Lipinski definition) is 6. The number of imidazole rings is 1. The minimum Gasteiger partial charge on any atom is -0.331 e. The van der Waals surface area contributed by atoms with Crippen LogP contribution >= 0.6 is 0 Å². The van der Waals surface area contributed by atoms with Crippen LogP contribution in [0.25, 0.3) is 55.9 Å². The monoisotopic (exact) mass is 606 g/mol. The maximum Gasteiger partial charge on any atom is 0.238 e. The Bertz CT molecular complexity index is 2520. The van der Waals surface area contributed by atoms with Crippen LogP contribution in [0.5, 0.6) is 0 Å². The predicted octanol–water partition coefficient (Wildman–Crippen LogP) is 8.10. The molecule has 1 aliphatic carbocycles. The number of aromatic nitrogens is 7. The van der Waals surface area contributed by atoms with Gasteiger partial charge in [-0.15, -0.1) is 0 Å². The lowest BCUT2D eigenvalue weighted by Crippen LogP contribution is -2.28. The Kier molecular flexibility index (Phi) is 5.53. The lowest BCUT2D eigenvalue weighted by Gasteiger charge is -2.29. The van der Waals surface area contributed by atoms with Crippen molar-refractivity contribution in [1.29, 1.82) is 0 Å². The SMILES string of the molecule is C1=CC2c3c(c4c(nc(-c5ccncc5)n4-c4ncncn4)c4c5ccccc5n(-c5ccccc5)c34)N(c3ccccc3)C2C=C1. The first-order valence-corrected chi connectivity index (χ1v) is 15.7. The third-order valence-corrected chi connectivity index (χ3v) is 9.37. The van der Waals surface area contributed by atoms with Crippen molar-refractivity contribution in [2.75, 3.05) is 4.90 Å². The molecule has 8 aromatic rings. The fourth-order valence-electron chi connectivity index (χ4n) is 7.58. The van der Waals surface area contributed by atoms with Crippen molar-refractivity contribution in [3.63, 3.8) is 0 Å². The Balaban J connectivity index is 1.50. The van der Waals surface area contributed by atoms with Crippen molar-refractivity contribution in [1.82, 2.24) is 34.1 Å². The average molecular weight is 607 g/mol. The van der Waals surface area contributed by atoms with Gasteiger partial charge in [0.15, 0.2) is 0 Å². The molecule has 0 radical (unpaired) electrons. The van der Waals surface area contributed by atoms with Gasteiger partial charge in [-0.05, 0) is 42.5 Å². The minimum atomic E-state index is 0.0551. The highest BCUT2D eigenvalue weighted by Gasteiger charge is 2.43. The summed E-state index contributed by atoms with van der Waals surface area (Å²) in [5, 5.41) is 2.25. The molecular formula is C39H26N8. The summed E-state index contributed by atoms with van der Waals surface area (Å²) in [6.45, 7) is 0. The van der Waals surface area contributed by atoms with Gasteiger partial charge in [0.25, 0.3) is 0 Å². The van der Waals surface area contributed by atoms with Crippen molar-refractivity contribution in [3.05, 3.63) is 152 Å². The molecule has 4 aromatic heterocycles. The van der Waals surface area contributed by atoms with Gasteiger partial charge in [0.2, 0.25) is 5.95 Å². The summed E-state index contributed by atoms with van der Waals surface area (Å²) < 4.78 is 4.54. The number of benzene rings is 4. The first kappa shape index (κ1) is 25.9. The van der Waals surface area contributed by atoms with Crippen molar-refractivity contribution < 1.29 is 0 Å². The number of nitrogens with zero attached hydrogens (tertiary/aromatic N) is 8. The molecular weight excluding hydrogens is 580 g/mol. The highest BCUT2D eigenvalue weighted by Crippen LogP contribution is 2.56. The standard InChI is InChI=1S/C39H26N8/c1-3-11-26(12-4-1)45-30-17-9-7-15-28(30)32-34-37(47(39-42-23-41-24-43-39)38(44-34)25-19-21-40-22-20-25)36-33(35(32)45)29-16-8-10-18-31(29)46(36)27-13-5-2-6-14-27/h1-24,29,31H. The molecule has 2 unspecified atom stereocenters. The normalized spacial score (nSPS) is 16.7. The molecule has 2 aliphatic rings. The van der Waals surface area contributed by atoms with Crippen LogP contribution in [0.3, 0.4) is 0 Å². The molecule has 0 saturated carbocycles. The lowest BCUT2D eigenvalue weighted by atomic mass is 9.89. The van der Waals surface area contributed by atoms with E-state index in [2.05, 4.69) is 133 Å². The van der Waals surface area contributed by atoms with E-state index in [1.165, 1.54) is 5.56 Å². The maximum atomic E-state index is 5.53. The van der Waals surface area contributed by atoms with Gasteiger partial charge in [-0.3, -0.25) is 9.55 Å². The van der Waals surface area contributed by atoms with Gasteiger partial charge in [0.1, 0.15) is 29.5 Å². The van der Waals surface area contributed by atoms with E-state index >= 15 is 0 Å². The average Bonchev–Trinajstić information content (AvgIpc) is 3.81. The van der Waals surface area contributed by atoms with Crippen LogP contribution < -0.4 is 4.90 Å². The van der Waals surface area contributed by atoms with Gasteiger partial charge >= 0.3 is 0 Å². The quantitative estimate of drug-likeness (QED) is 0.202. The Morgan fingerprint density at radius 2 is 1.32 bits per heavy atom. The van der Waals surface area contributed by atoms with Crippen LogP contribution in [-0.4, -0.2) is 40.1 Å². The molecule has 0 saturated heterocycles. The molecule has 47 heavy (non-hydrogen) atoms. The molecule has 0 amide bonds. The van der Waals surface area contributed by atoms with E-state index in [1.54, 1.807) is 25.0 Å². The van der Waals surface area contributed by atoms with Crippen LogP contribution in [0, 0.1) is 0 Å². The first-order chi connectivity index (χ1) is 23.4. The Labute approximate surface area is 269 Å². The fraction of sp³-hybridized carbons (Fsp3) is 0.0513. The van der Waals surface area contributed by atoms with Gasteiger partial charge in [0.05, 0.1) is 22.8 Å². The highest BCUT2D eigenvalue weighted by molar-refractivity contribution is 6.25. The third kappa shape index (κ3) is 3.66. The Morgan fingerprint density at radius 1 is 0.617 bits per heavy atom. The van der Waals surface area contributed by atoms with Gasteiger partial charge in [0, 0.05) is 51.6 Å². The van der Waals surface area contributed by atoms with Crippen LogP contribution in [0.2, 0.25) is 0 Å². The van der Waals surface area contributed by atoms with Crippen LogP contribution in [0.4, 0.5) is 11.4 Å². The zero-order chi connectivity index (χ0) is 30.9. The van der Waals surface area contributed by atoms with Crippen LogP contribution in [0.15, 0.2) is 146 Å². The molecule has 0 N–H and O–H groups in total. The summed E-state index contributed by atoms with van der Waals surface area (Å²) in [5.74, 6) is 1.34. The Hall–Kier alpha value is -6.41. The Morgan fingerprint density at radius 3 is 2.11 bits per heavy atom. The number of allylic oxidation sites excluding steroid dienone is 2. The summed E-state index contributed by atoms with van der Waals surface area (Å²) >= 11 is 0. The highest BCUT2D eigenvalue weighted by atomic mass is 15.3. The predicted molar refractivity (Wildman–Crippen MR) is 185 cm³/mol. The number of anilines is 2. The van der Waals surface area contributed by atoms with E-state index in [9.17, 15) is 0 Å². The minimum absolute atomic E-state index is 0.0551. The molecule has 10 rings (SSSR count). The molecule has 8 nitrogen and oxygen atoms in total. The van der Waals surface area contributed by atoms with E-state index in [0.29, 0.717) is 5.95 Å². The second-order valence-electron chi connectivity index (χ2n) is 11.8.